The van der Waals surface area contributed by atoms with Crippen LogP contribution in [0.3, 0.4) is 0 Å². The van der Waals surface area contributed by atoms with Crippen LogP contribution in [-0.4, -0.2) is 30.3 Å². The summed E-state index contributed by atoms with van der Waals surface area (Å²) in [4.78, 5) is 12.6. The molecule has 150 valence electrons. The summed E-state index contributed by atoms with van der Waals surface area (Å²) in [6, 6.07) is 6.85. The van der Waals surface area contributed by atoms with Crippen molar-refractivity contribution < 1.29 is 13.2 Å². The minimum atomic E-state index is -3.36. The fourth-order valence-electron chi connectivity index (χ4n) is 4.53. The van der Waals surface area contributed by atoms with Crippen molar-refractivity contribution in [2.45, 2.75) is 50.3 Å². The molecule has 2 aliphatic carbocycles. The Hall–Kier alpha value is -1.80. The Morgan fingerprint density at radius 2 is 1.96 bits per heavy atom. The Balaban J connectivity index is 1.29. The van der Waals surface area contributed by atoms with Crippen LogP contribution in [0.25, 0.3) is 0 Å². The van der Waals surface area contributed by atoms with Crippen LogP contribution in [0.1, 0.15) is 42.7 Å². The van der Waals surface area contributed by atoms with Crippen LogP contribution in [0.4, 0.5) is 5.13 Å². The number of hydrogen-bond acceptors (Lipinski definition) is 6. The van der Waals surface area contributed by atoms with Gasteiger partial charge >= 0.3 is 0 Å². The highest BCUT2D eigenvalue weighted by atomic mass is 32.2. The summed E-state index contributed by atoms with van der Waals surface area (Å²) in [5.41, 5.74) is 1.02. The van der Waals surface area contributed by atoms with Crippen molar-refractivity contribution in [3.05, 3.63) is 34.8 Å². The Bertz CT molecular complexity index is 953. The van der Waals surface area contributed by atoms with Crippen molar-refractivity contribution in [1.82, 2.24) is 10.2 Å². The summed E-state index contributed by atoms with van der Waals surface area (Å²) in [6.07, 6.45) is 5.90. The van der Waals surface area contributed by atoms with Crippen molar-refractivity contribution >= 4 is 32.2 Å². The molecule has 6 nitrogen and oxygen atoms in total. The second-order valence-electron chi connectivity index (χ2n) is 8.07. The van der Waals surface area contributed by atoms with Crippen LogP contribution in [0.5, 0.6) is 0 Å². The number of carbonyl (C=O) groups is 1. The topological polar surface area (TPSA) is 89.0 Å². The Morgan fingerprint density at radius 1 is 1.18 bits per heavy atom. The fraction of sp³-hybridized carbons (Fsp3) is 0.550. The van der Waals surface area contributed by atoms with Gasteiger partial charge in [0.1, 0.15) is 5.01 Å². The standard InChI is InChI=1S/C20H25N3O3S2/c1-13-2-6-17(7-3-13)28(25,26)9-8-19-22-23-20(27-19)21-18(24)12-16-11-14-4-5-15(16)10-14/h2-3,6-7,14-16H,4-5,8-12H2,1H3,(H,21,23,24)/t14-,15+,16+/m0/s1. The molecule has 2 fully saturated rings. The summed E-state index contributed by atoms with van der Waals surface area (Å²) >= 11 is 1.25. The molecule has 0 aliphatic heterocycles. The van der Waals surface area contributed by atoms with Gasteiger partial charge in [-0.25, -0.2) is 8.42 Å². The van der Waals surface area contributed by atoms with Crippen molar-refractivity contribution in [2.75, 3.05) is 11.1 Å². The lowest BCUT2D eigenvalue weighted by atomic mass is 9.86. The molecule has 2 bridgehead atoms. The van der Waals surface area contributed by atoms with E-state index >= 15 is 0 Å². The van der Waals surface area contributed by atoms with E-state index in [9.17, 15) is 13.2 Å². The van der Waals surface area contributed by atoms with Gasteiger partial charge in [-0.15, -0.1) is 10.2 Å². The molecule has 2 aromatic rings. The quantitative estimate of drug-likeness (QED) is 0.740. The number of nitrogens with zero attached hydrogens (tertiary/aromatic N) is 2. The molecule has 0 spiro atoms. The highest BCUT2D eigenvalue weighted by Crippen LogP contribution is 2.49. The summed E-state index contributed by atoms with van der Waals surface area (Å²) < 4.78 is 24.9. The van der Waals surface area contributed by atoms with E-state index in [1.54, 1.807) is 24.3 Å². The Morgan fingerprint density at radius 3 is 2.64 bits per heavy atom. The number of anilines is 1. The highest BCUT2D eigenvalue weighted by Gasteiger charge is 2.40. The number of nitrogens with one attached hydrogen (secondary N) is 1. The van der Waals surface area contributed by atoms with Gasteiger partial charge in [0.2, 0.25) is 11.0 Å². The second kappa shape index (κ2) is 7.91. The van der Waals surface area contributed by atoms with Crippen LogP contribution >= 0.6 is 11.3 Å². The molecule has 4 rings (SSSR count). The number of sulfone groups is 1. The smallest absolute Gasteiger partial charge is 0.226 e. The SMILES string of the molecule is Cc1ccc(S(=O)(=O)CCc2nnc(NC(=O)C[C@H]3C[C@H]4CC[C@@H]3C4)s2)cc1. The van der Waals surface area contributed by atoms with Gasteiger partial charge in [-0.2, -0.15) is 0 Å². The van der Waals surface area contributed by atoms with Crippen LogP contribution in [-0.2, 0) is 21.1 Å². The summed E-state index contributed by atoms with van der Waals surface area (Å²) in [6.45, 7) is 1.92. The van der Waals surface area contributed by atoms with E-state index < -0.39 is 9.84 Å². The molecule has 2 aliphatic rings. The predicted octanol–water partition coefficient (Wildman–Crippen LogP) is 3.63. The summed E-state index contributed by atoms with van der Waals surface area (Å²) in [5, 5.41) is 12.0. The number of fused-ring (bicyclic) bond motifs is 2. The average molecular weight is 420 g/mol. The average Bonchev–Trinajstić information content (AvgIpc) is 3.37. The summed E-state index contributed by atoms with van der Waals surface area (Å²) in [5.74, 6) is 2.02. The minimum Gasteiger partial charge on any atom is -0.301 e. The van der Waals surface area contributed by atoms with Gasteiger partial charge in [-0.05, 0) is 56.1 Å². The van der Waals surface area contributed by atoms with Gasteiger partial charge in [-0.1, -0.05) is 35.5 Å². The molecule has 1 aromatic heterocycles. The summed E-state index contributed by atoms with van der Waals surface area (Å²) in [7, 11) is -3.36. The first kappa shape index (κ1) is 19.5. The second-order valence-corrected chi connectivity index (χ2v) is 11.2. The van der Waals surface area contributed by atoms with Gasteiger partial charge in [-0.3, -0.25) is 4.79 Å². The number of hydrogen-bond donors (Lipinski definition) is 1. The number of benzene rings is 1. The fourth-order valence-corrected chi connectivity index (χ4v) is 6.66. The third-order valence-corrected chi connectivity index (χ3v) is 8.64. The third-order valence-electron chi connectivity index (χ3n) is 6.01. The molecule has 1 aromatic carbocycles. The lowest BCUT2D eigenvalue weighted by molar-refractivity contribution is -0.117. The Kier molecular flexibility index (Phi) is 5.51. The van der Waals surface area contributed by atoms with E-state index in [1.807, 2.05) is 6.92 Å². The molecule has 0 saturated heterocycles. The maximum absolute atomic E-state index is 12.4. The van der Waals surface area contributed by atoms with Crippen molar-refractivity contribution in [1.29, 1.82) is 0 Å². The minimum absolute atomic E-state index is 0.00692. The first-order chi connectivity index (χ1) is 13.4. The van der Waals surface area contributed by atoms with E-state index in [2.05, 4.69) is 15.5 Å². The van der Waals surface area contributed by atoms with Crippen LogP contribution in [0.15, 0.2) is 29.2 Å². The monoisotopic (exact) mass is 419 g/mol. The van der Waals surface area contributed by atoms with Crippen molar-refractivity contribution in [3.63, 3.8) is 0 Å². The lowest BCUT2D eigenvalue weighted by Crippen LogP contribution is -2.20. The maximum atomic E-state index is 12.4. The zero-order chi connectivity index (χ0) is 19.7. The van der Waals surface area contributed by atoms with E-state index in [1.165, 1.54) is 37.0 Å². The Labute approximate surface area is 169 Å². The molecular weight excluding hydrogens is 394 g/mol. The lowest BCUT2D eigenvalue weighted by Gasteiger charge is -2.20. The predicted molar refractivity (Wildman–Crippen MR) is 109 cm³/mol. The molecule has 0 radical (unpaired) electrons. The van der Waals surface area contributed by atoms with Crippen LogP contribution in [0.2, 0.25) is 0 Å². The molecule has 28 heavy (non-hydrogen) atoms. The number of aryl methyl sites for hydroxylation is 2. The molecule has 1 N–H and O–H groups in total. The van der Waals surface area contributed by atoms with Gasteiger partial charge in [0.05, 0.1) is 10.6 Å². The first-order valence-electron chi connectivity index (χ1n) is 9.81. The third kappa shape index (κ3) is 4.43. The maximum Gasteiger partial charge on any atom is 0.226 e. The number of aromatic nitrogens is 2. The van der Waals surface area contributed by atoms with Crippen LogP contribution in [0, 0.1) is 24.7 Å². The highest BCUT2D eigenvalue weighted by molar-refractivity contribution is 7.91. The van der Waals surface area contributed by atoms with E-state index in [4.69, 9.17) is 0 Å². The van der Waals surface area contributed by atoms with Gasteiger partial charge in [0.15, 0.2) is 9.84 Å². The van der Waals surface area contributed by atoms with E-state index in [0.717, 1.165) is 11.5 Å². The van der Waals surface area contributed by atoms with Gasteiger partial charge in [0, 0.05) is 12.8 Å². The van der Waals surface area contributed by atoms with Crippen molar-refractivity contribution in [2.24, 2.45) is 17.8 Å². The molecule has 1 amide bonds. The number of amides is 1. The number of rotatable bonds is 7. The zero-order valence-electron chi connectivity index (χ0n) is 15.9. The first-order valence-corrected chi connectivity index (χ1v) is 12.3. The number of carbonyl (C=O) groups excluding carboxylic acids is 1. The van der Waals surface area contributed by atoms with Crippen LogP contribution < -0.4 is 5.32 Å². The van der Waals surface area contributed by atoms with Gasteiger partial charge < -0.3 is 5.32 Å². The van der Waals surface area contributed by atoms with E-state index in [-0.39, 0.29) is 18.1 Å². The molecule has 3 atom stereocenters. The molecule has 2 saturated carbocycles. The molecule has 8 heteroatoms. The molecular formula is C20H25N3O3S2. The normalized spacial score (nSPS) is 23.8. The van der Waals surface area contributed by atoms with Crippen molar-refractivity contribution in [3.8, 4) is 0 Å². The van der Waals surface area contributed by atoms with Gasteiger partial charge in [0.25, 0.3) is 0 Å². The molecule has 1 heterocycles. The molecule has 0 unspecified atom stereocenters. The zero-order valence-corrected chi connectivity index (χ0v) is 17.6. The largest absolute Gasteiger partial charge is 0.301 e. The van der Waals surface area contributed by atoms with E-state index in [0.29, 0.717) is 33.3 Å².